The van der Waals surface area contributed by atoms with Crippen LogP contribution in [0.1, 0.15) is 13.3 Å². The van der Waals surface area contributed by atoms with E-state index < -0.39 is 5.92 Å². The minimum absolute atomic E-state index is 0.0271. The normalized spacial score (nSPS) is 24.2. The molecule has 1 heterocycles. The van der Waals surface area contributed by atoms with Crippen LogP contribution in [0.25, 0.3) is 0 Å². The van der Waals surface area contributed by atoms with Gasteiger partial charge in [0.05, 0.1) is 18.6 Å². The van der Waals surface area contributed by atoms with E-state index in [1.54, 1.807) is 6.92 Å². The molecule has 13 heavy (non-hydrogen) atoms. The van der Waals surface area contributed by atoms with E-state index in [1.807, 2.05) is 0 Å². The minimum atomic E-state index is -2.83. The largest absolute Gasteiger partial charge is 0.493 e. The quantitative estimate of drug-likeness (QED) is 0.611. The first-order chi connectivity index (χ1) is 5.93. The van der Waals surface area contributed by atoms with Gasteiger partial charge in [-0.2, -0.15) is 0 Å². The number of ether oxygens (including phenoxy) is 1. The van der Waals surface area contributed by atoms with Crippen molar-refractivity contribution in [2.75, 3.05) is 6.61 Å². The maximum Gasteiger partial charge on any atom is 0.280 e. The highest BCUT2D eigenvalue weighted by Gasteiger charge is 2.39. The Kier molecular flexibility index (Phi) is 2.55. The van der Waals surface area contributed by atoms with E-state index in [0.29, 0.717) is 5.57 Å². The number of halogens is 2. The predicted molar refractivity (Wildman–Crippen MR) is 47.6 cm³/mol. The maximum absolute atomic E-state index is 13.2. The summed E-state index contributed by atoms with van der Waals surface area (Å²) < 4.78 is 31.4. The summed E-state index contributed by atoms with van der Waals surface area (Å²) in [5.41, 5.74) is 0.424. The molecule has 0 saturated carbocycles. The molecule has 1 aliphatic heterocycles. The molecule has 1 fully saturated rings. The second-order valence-corrected chi connectivity index (χ2v) is 3.13. The number of rotatable bonds is 1. The van der Waals surface area contributed by atoms with Gasteiger partial charge in [0.15, 0.2) is 0 Å². The zero-order chi connectivity index (χ0) is 10.1. The fourth-order valence-corrected chi connectivity index (χ4v) is 1.15. The third-order valence-corrected chi connectivity index (χ3v) is 1.78. The molecule has 0 unspecified atom stereocenters. The molecule has 0 N–H and O–H groups in total. The molecule has 0 amide bonds. The van der Waals surface area contributed by atoms with Crippen molar-refractivity contribution >= 4 is 0 Å². The first kappa shape index (κ1) is 9.96. The van der Waals surface area contributed by atoms with E-state index in [4.69, 9.17) is 4.74 Å². The lowest BCUT2D eigenvalue weighted by atomic mass is 10.00. The lowest BCUT2D eigenvalue weighted by Gasteiger charge is -2.27. The van der Waals surface area contributed by atoms with E-state index in [2.05, 4.69) is 13.2 Å². The van der Waals surface area contributed by atoms with Crippen molar-refractivity contribution in [2.24, 2.45) is 0 Å². The molecule has 3 heteroatoms. The third kappa shape index (κ3) is 2.17. The zero-order valence-electron chi connectivity index (χ0n) is 7.57. The molecule has 0 radical (unpaired) electrons. The Bertz CT molecular complexity index is 277. The van der Waals surface area contributed by atoms with Crippen LogP contribution in [0, 0.1) is 0 Å². The van der Waals surface area contributed by atoms with E-state index >= 15 is 0 Å². The first-order valence-electron chi connectivity index (χ1n) is 4.01. The highest BCUT2D eigenvalue weighted by Crippen LogP contribution is 2.37. The minimum Gasteiger partial charge on any atom is -0.493 e. The molecule has 0 aromatic carbocycles. The molecule has 1 saturated heterocycles. The second-order valence-electron chi connectivity index (χ2n) is 3.13. The summed E-state index contributed by atoms with van der Waals surface area (Å²) in [6.07, 6.45) is 1.03. The van der Waals surface area contributed by atoms with Gasteiger partial charge in [-0.25, -0.2) is 8.78 Å². The standard InChI is InChI=1S/C10H12F2O/c1-7(2)6-9-8(3)13-5-4-10(9,11)12/h6H,1,3-5H2,2H3/b9-6+. The SMILES string of the molecule is C=C(C)/C=C1\C(=C)OCCC1(F)F. The van der Waals surface area contributed by atoms with Gasteiger partial charge in [-0.3, -0.25) is 0 Å². The Morgan fingerprint density at radius 2 is 2.23 bits per heavy atom. The molecule has 0 aromatic rings. The van der Waals surface area contributed by atoms with Crippen LogP contribution in [-0.2, 0) is 4.74 Å². The molecule has 1 nitrogen and oxygen atoms in total. The lowest BCUT2D eigenvalue weighted by molar-refractivity contribution is -0.0183. The van der Waals surface area contributed by atoms with Crippen LogP contribution in [-0.4, -0.2) is 12.5 Å². The van der Waals surface area contributed by atoms with Crippen LogP contribution < -0.4 is 0 Å². The predicted octanol–water partition coefficient (Wildman–Crippen LogP) is 3.06. The molecule has 0 bridgehead atoms. The van der Waals surface area contributed by atoms with Crippen LogP contribution in [0.5, 0.6) is 0 Å². The van der Waals surface area contributed by atoms with Gasteiger partial charge in [0.2, 0.25) is 0 Å². The Hall–Kier alpha value is -1.12. The van der Waals surface area contributed by atoms with Gasteiger partial charge in [-0.05, 0) is 13.0 Å². The summed E-state index contributed by atoms with van der Waals surface area (Å²) >= 11 is 0. The van der Waals surface area contributed by atoms with Crippen LogP contribution >= 0.6 is 0 Å². The molecule has 72 valence electrons. The average Bonchev–Trinajstić information content (AvgIpc) is 1.96. The Morgan fingerprint density at radius 3 is 2.69 bits per heavy atom. The number of hydrogen-bond donors (Lipinski definition) is 0. The Balaban J connectivity index is 3.00. The summed E-state index contributed by atoms with van der Waals surface area (Å²) in [5, 5.41) is 0. The zero-order valence-corrected chi connectivity index (χ0v) is 7.57. The maximum atomic E-state index is 13.2. The topological polar surface area (TPSA) is 9.23 Å². The fourth-order valence-electron chi connectivity index (χ4n) is 1.15. The van der Waals surface area contributed by atoms with Crippen LogP contribution in [0.3, 0.4) is 0 Å². The summed E-state index contributed by atoms with van der Waals surface area (Å²) in [6.45, 7) is 8.66. The summed E-state index contributed by atoms with van der Waals surface area (Å²) in [5.74, 6) is -2.77. The van der Waals surface area contributed by atoms with Gasteiger partial charge in [-0.15, -0.1) is 0 Å². The number of alkyl halides is 2. The molecule has 0 aromatic heterocycles. The molecular formula is C10H12F2O. The van der Waals surface area contributed by atoms with Gasteiger partial charge in [-0.1, -0.05) is 18.7 Å². The third-order valence-electron chi connectivity index (χ3n) is 1.78. The van der Waals surface area contributed by atoms with Crippen molar-refractivity contribution in [3.63, 3.8) is 0 Å². The highest BCUT2D eigenvalue weighted by molar-refractivity contribution is 5.37. The molecule has 1 aliphatic rings. The van der Waals surface area contributed by atoms with E-state index in [0.717, 1.165) is 0 Å². The van der Waals surface area contributed by atoms with E-state index in [1.165, 1.54) is 6.08 Å². The van der Waals surface area contributed by atoms with Crippen molar-refractivity contribution in [2.45, 2.75) is 19.3 Å². The van der Waals surface area contributed by atoms with E-state index in [9.17, 15) is 8.78 Å². The van der Waals surface area contributed by atoms with Crippen molar-refractivity contribution < 1.29 is 13.5 Å². The molecule has 1 rings (SSSR count). The van der Waals surface area contributed by atoms with Gasteiger partial charge in [0.25, 0.3) is 5.92 Å². The van der Waals surface area contributed by atoms with Crippen molar-refractivity contribution in [3.8, 4) is 0 Å². The van der Waals surface area contributed by atoms with Crippen LogP contribution in [0.2, 0.25) is 0 Å². The number of allylic oxidation sites excluding steroid dienone is 3. The second kappa shape index (κ2) is 3.32. The molecule has 0 aliphatic carbocycles. The molecule has 0 atom stereocenters. The highest BCUT2D eigenvalue weighted by atomic mass is 19.3. The fraction of sp³-hybridized carbons (Fsp3) is 0.400. The molecule has 0 spiro atoms. The van der Waals surface area contributed by atoms with Gasteiger partial charge in [0, 0.05) is 0 Å². The smallest absolute Gasteiger partial charge is 0.280 e. The van der Waals surface area contributed by atoms with Crippen molar-refractivity contribution in [3.05, 3.63) is 36.1 Å². The lowest BCUT2D eigenvalue weighted by Crippen LogP contribution is -2.28. The van der Waals surface area contributed by atoms with Gasteiger partial charge < -0.3 is 4.74 Å². The van der Waals surface area contributed by atoms with Crippen molar-refractivity contribution in [1.29, 1.82) is 0 Å². The van der Waals surface area contributed by atoms with Crippen molar-refractivity contribution in [1.82, 2.24) is 0 Å². The summed E-state index contributed by atoms with van der Waals surface area (Å²) in [7, 11) is 0. The number of hydrogen-bond acceptors (Lipinski definition) is 1. The van der Waals surface area contributed by atoms with Crippen LogP contribution in [0.4, 0.5) is 8.78 Å². The monoisotopic (exact) mass is 186 g/mol. The Morgan fingerprint density at radius 1 is 1.62 bits per heavy atom. The van der Waals surface area contributed by atoms with Gasteiger partial charge >= 0.3 is 0 Å². The molecular weight excluding hydrogens is 174 g/mol. The van der Waals surface area contributed by atoms with E-state index in [-0.39, 0.29) is 24.4 Å². The summed E-state index contributed by atoms with van der Waals surface area (Å²) in [6, 6.07) is 0. The first-order valence-corrected chi connectivity index (χ1v) is 4.01. The summed E-state index contributed by atoms with van der Waals surface area (Å²) in [4.78, 5) is 0. The average molecular weight is 186 g/mol. The van der Waals surface area contributed by atoms with Gasteiger partial charge in [0.1, 0.15) is 5.76 Å². The van der Waals surface area contributed by atoms with Crippen LogP contribution in [0.15, 0.2) is 36.1 Å². The Labute approximate surface area is 76.4 Å².